The lowest BCUT2D eigenvalue weighted by atomic mass is 10.1. The van der Waals surface area contributed by atoms with Crippen LogP contribution in [-0.2, 0) is 11.3 Å². The summed E-state index contributed by atoms with van der Waals surface area (Å²) in [5.41, 5.74) is 4.14. The van der Waals surface area contributed by atoms with Crippen LogP contribution in [0.2, 0.25) is 0 Å². The summed E-state index contributed by atoms with van der Waals surface area (Å²) < 4.78 is 2.00. The smallest absolute Gasteiger partial charge is 0.0949 e. The molecule has 0 unspecified atom stereocenters. The van der Waals surface area contributed by atoms with Crippen LogP contribution in [0.4, 0.5) is 0 Å². The zero-order valence-electron chi connectivity index (χ0n) is 11.5. The van der Waals surface area contributed by atoms with E-state index < -0.39 is 5.97 Å². The number of carbonyl (C=O) groups is 1. The molecule has 0 aliphatic carbocycles. The largest absolute Gasteiger partial charge is 0.545 e. The number of hydrogen-bond acceptors (Lipinski definition) is 3. The maximum atomic E-state index is 10.5. The summed E-state index contributed by atoms with van der Waals surface area (Å²) in [6.07, 6.45) is 8.02. The standard InChI is InChI=1S/C16H15N3O2/c1-11-14(9-19-7-6-17-10-19)13-8-12(3-5-16(20)21)2-4-15(13)18-11/h2-8,10,18H,9H2,1H3,(H,20,21)/p-1/b5-3+. The lowest BCUT2D eigenvalue weighted by molar-refractivity contribution is -0.297. The van der Waals surface area contributed by atoms with E-state index in [4.69, 9.17) is 0 Å². The Morgan fingerprint density at radius 3 is 3.05 bits per heavy atom. The number of imidazole rings is 1. The summed E-state index contributed by atoms with van der Waals surface area (Å²) in [7, 11) is 0. The molecule has 3 rings (SSSR count). The van der Waals surface area contributed by atoms with Gasteiger partial charge in [-0.15, -0.1) is 0 Å². The molecule has 0 aliphatic rings. The molecule has 0 bridgehead atoms. The van der Waals surface area contributed by atoms with Crippen LogP contribution < -0.4 is 5.11 Å². The van der Waals surface area contributed by atoms with Crippen LogP contribution >= 0.6 is 0 Å². The molecule has 0 saturated carbocycles. The maximum absolute atomic E-state index is 10.5. The molecular weight excluding hydrogens is 266 g/mol. The van der Waals surface area contributed by atoms with Crippen LogP contribution in [0.5, 0.6) is 0 Å². The number of aromatic amines is 1. The molecule has 1 N–H and O–H groups in total. The Bertz CT molecular complexity index is 814. The highest BCUT2D eigenvalue weighted by Gasteiger charge is 2.09. The summed E-state index contributed by atoms with van der Waals surface area (Å²) in [5, 5.41) is 11.6. The van der Waals surface area contributed by atoms with E-state index in [9.17, 15) is 9.90 Å². The monoisotopic (exact) mass is 280 g/mol. The molecule has 1 aromatic carbocycles. The van der Waals surface area contributed by atoms with Gasteiger partial charge in [0.1, 0.15) is 0 Å². The van der Waals surface area contributed by atoms with Gasteiger partial charge < -0.3 is 19.5 Å². The molecule has 0 fully saturated rings. The van der Waals surface area contributed by atoms with E-state index >= 15 is 0 Å². The Balaban J connectivity index is 2.04. The number of carbonyl (C=O) groups excluding carboxylic acids is 1. The molecule has 3 aromatic rings. The molecule has 0 saturated heterocycles. The molecule has 5 heteroatoms. The van der Waals surface area contributed by atoms with E-state index in [2.05, 4.69) is 9.97 Å². The summed E-state index contributed by atoms with van der Waals surface area (Å²) >= 11 is 0. The van der Waals surface area contributed by atoms with Crippen LogP contribution in [0.25, 0.3) is 17.0 Å². The Morgan fingerprint density at radius 1 is 1.48 bits per heavy atom. The van der Waals surface area contributed by atoms with Crippen LogP contribution in [0, 0.1) is 6.92 Å². The first-order valence-electron chi connectivity index (χ1n) is 6.59. The molecule has 2 heterocycles. The van der Waals surface area contributed by atoms with Crippen LogP contribution in [0.3, 0.4) is 0 Å². The quantitative estimate of drug-likeness (QED) is 0.736. The van der Waals surface area contributed by atoms with Gasteiger partial charge in [-0.1, -0.05) is 12.1 Å². The molecule has 0 aliphatic heterocycles. The minimum atomic E-state index is -1.20. The SMILES string of the molecule is Cc1[nH]c2ccc(/C=C/C(=O)[O-])cc2c1Cn1ccnc1. The fraction of sp³-hybridized carbons (Fsp3) is 0.125. The third-order valence-corrected chi connectivity index (χ3v) is 3.46. The van der Waals surface area contributed by atoms with Crippen LogP contribution in [0.15, 0.2) is 43.0 Å². The topological polar surface area (TPSA) is 73.7 Å². The van der Waals surface area contributed by atoms with Crippen LogP contribution in [0.1, 0.15) is 16.8 Å². The van der Waals surface area contributed by atoms with Gasteiger partial charge >= 0.3 is 0 Å². The number of fused-ring (bicyclic) bond motifs is 1. The first-order valence-corrected chi connectivity index (χ1v) is 6.59. The zero-order valence-corrected chi connectivity index (χ0v) is 11.5. The number of nitrogens with zero attached hydrogens (tertiary/aromatic N) is 2. The number of carboxylic acids is 1. The number of aryl methyl sites for hydroxylation is 1. The Morgan fingerprint density at radius 2 is 2.33 bits per heavy atom. The number of aromatic nitrogens is 3. The van der Waals surface area contributed by atoms with Crippen LogP contribution in [-0.4, -0.2) is 20.5 Å². The predicted molar refractivity (Wildman–Crippen MR) is 78.4 cm³/mol. The molecule has 106 valence electrons. The van der Waals surface area contributed by atoms with Gasteiger partial charge in [0.05, 0.1) is 18.8 Å². The van der Waals surface area contributed by atoms with Gasteiger partial charge in [-0.05, 0) is 30.7 Å². The number of hydrogen-bond donors (Lipinski definition) is 1. The summed E-state index contributed by atoms with van der Waals surface area (Å²) in [4.78, 5) is 17.9. The average Bonchev–Trinajstić information content (AvgIpc) is 3.06. The second kappa shape index (κ2) is 5.28. The highest BCUT2D eigenvalue weighted by molar-refractivity contribution is 5.89. The van der Waals surface area contributed by atoms with Gasteiger partial charge in [-0.25, -0.2) is 4.98 Å². The maximum Gasteiger partial charge on any atom is 0.0949 e. The first kappa shape index (κ1) is 13.2. The number of H-pyrrole nitrogens is 1. The van der Waals surface area contributed by atoms with Crippen molar-refractivity contribution in [2.45, 2.75) is 13.5 Å². The van der Waals surface area contributed by atoms with Crippen molar-refractivity contribution in [1.29, 1.82) is 0 Å². The average molecular weight is 280 g/mol. The number of nitrogens with one attached hydrogen (secondary N) is 1. The lowest BCUT2D eigenvalue weighted by Crippen LogP contribution is -2.18. The van der Waals surface area contributed by atoms with Crippen molar-refractivity contribution in [2.24, 2.45) is 0 Å². The third kappa shape index (κ3) is 2.72. The van der Waals surface area contributed by atoms with Gasteiger partial charge in [-0.3, -0.25) is 0 Å². The molecule has 0 radical (unpaired) electrons. The van der Waals surface area contributed by atoms with Crippen molar-refractivity contribution < 1.29 is 9.90 Å². The molecule has 0 atom stereocenters. The third-order valence-electron chi connectivity index (χ3n) is 3.46. The molecule has 0 amide bonds. The van der Waals surface area contributed by atoms with E-state index in [1.165, 1.54) is 11.6 Å². The van der Waals surface area contributed by atoms with Gasteiger partial charge in [-0.2, -0.15) is 0 Å². The second-order valence-corrected chi connectivity index (χ2v) is 4.92. The number of rotatable bonds is 4. The summed E-state index contributed by atoms with van der Waals surface area (Å²) in [6, 6.07) is 5.80. The van der Waals surface area contributed by atoms with Crippen molar-refractivity contribution in [3.63, 3.8) is 0 Å². The van der Waals surface area contributed by atoms with E-state index in [1.807, 2.05) is 35.9 Å². The van der Waals surface area contributed by atoms with Crippen molar-refractivity contribution in [3.05, 3.63) is 59.8 Å². The van der Waals surface area contributed by atoms with Crippen molar-refractivity contribution in [1.82, 2.24) is 14.5 Å². The fourth-order valence-corrected chi connectivity index (χ4v) is 2.43. The molecular formula is C16H14N3O2-. The van der Waals surface area contributed by atoms with Crippen molar-refractivity contribution >= 4 is 22.9 Å². The summed E-state index contributed by atoms with van der Waals surface area (Å²) in [6.45, 7) is 2.75. The van der Waals surface area contributed by atoms with E-state index in [1.54, 1.807) is 12.5 Å². The highest BCUT2D eigenvalue weighted by Crippen LogP contribution is 2.24. The lowest BCUT2D eigenvalue weighted by Gasteiger charge is -2.03. The minimum Gasteiger partial charge on any atom is -0.545 e. The number of carboxylic acid groups (broad SMARTS) is 1. The van der Waals surface area contributed by atoms with Crippen molar-refractivity contribution in [3.8, 4) is 0 Å². The number of aliphatic carboxylic acids is 1. The zero-order chi connectivity index (χ0) is 14.8. The Kier molecular flexibility index (Phi) is 3.31. The van der Waals surface area contributed by atoms with E-state index in [0.29, 0.717) is 0 Å². The first-order chi connectivity index (χ1) is 10.1. The minimum absolute atomic E-state index is 0.722. The van der Waals surface area contributed by atoms with Gasteiger partial charge in [0.2, 0.25) is 0 Å². The predicted octanol–water partition coefficient (Wildman–Crippen LogP) is 1.48. The van der Waals surface area contributed by atoms with Gasteiger partial charge in [0.25, 0.3) is 0 Å². The second-order valence-electron chi connectivity index (χ2n) is 4.92. The van der Waals surface area contributed by atoms with E-state index in [-0.39, 0.29) is 0 Å². The van der Waals surface area contributed by atoms with Gasteiger partial charge in [0, 0.05) is 34.6 Å². The Labute approximate surface area is 121 Å². The Hall–Kier alpha value is -2.82. The molecule has 0 spiro atoms. The molecule has 21 heavy (non-hydrogen) atoms. The summed E-state index contributed by atoms with van der Waals surface area (Å²) in [5.74, 6) is -1.20. The van der Waals surface area contributed by atoms with Crippen molar-refractivity contribution in [2.75, 3.05) is 0 Å². The highest BCUT2D eigenvalue weighted by atomic mass is 16.4. The van der Waals surface area contributed by atoms with E-state index in [0.717, 1.165) is 34.8 Å². The van der Waals surface area contributed by atoms with Gasteiger partial charge in [0.15, 0.2) is 0 Å². The fourth-order valence-electron chi connectivity index (χ4n) is 2.43. The molecule has 5 nitrogen and oxygen atoms in total. The normalized spacial score (nSPS) is 11.5. The number of benzene rings is 1. The molecule has 2 aromatic heterocycles.